The molecule has 0 fully saturated rings. The highest BCUT2D eigenvalue weighted by molar-refractivity contribution is 7.16. The predicted molar refractivity (Wildman–Crippen MR) is 73.3 cm³/mol. The topological polar surface area (TPSA) is 58.6 Å². The summed E-state index contributed by atoms with van der Waals surface area (Å²) < 4.78 is 5.79. The van der Waals surface area contributed by atoms with E-state index >= 15 is 0 Å². The Morgan fingerprint density at radius 2 is 2.33 bits per heavy atom. The SMILES string of the molecule is CC(C(=O)NCCCOCCO)c1ccc(Cl)s1. The largest absolute Gasteiger partial charge is 0.394 e. The zero-order valence-electron chi connectivity index (χ0n) is 10.3. The minimum Gasteiger partial charge on any atom is -0.394 e. The van der Waals surface area contributed by atoms with Crippen LogP contribution in [0, 0.1) is 0 Å². The molecule has 1 heterocycles. The molecule has 1 aromatic heterocycles. The number of amides is 1. The average molecular weight is 292 g/mol. The second-order valence-electron chi connectivity index (χ2n) is 3.84. The molecule has 0 aliphatic heterocycles. The summed E-state index contributed by atoms with van der Waals surface area (Å²) in [7, 11) is 0. The standard InChI is InChI=1S/C12H18ClNO3S/c1-9(10-3-4-11(13)18-10)12(16)14-5-2-7-17-8-6-15/h3-4,9,15H,2,5-8H2,1H3,(H,14,16). The van der Waals surface area contributed by atoms with E-state index < -0.39 is 0 Å². The van der Waals surface area contributed by atoms with Crippen LogP contribution in [0.5, 0.6) is 0 Å². The highest BCUT2D eigenvalue weighted by Gasteiger charge is 2.16. The third kappa shape index (κ3) is 5.35. The van der Waals surface area contributed by atoms with E-state index in [4.69, 9.17) is 21.4 Å². The van der Waals surface area contributed by atoms with Gasteiger partial charge in [-0.15, -0.1) is 11.3 Å². The second-order valence-corrected chi connectivity index (χ2v) is 5.59. The van der Waals surface area contributed by atoms with Crippen molar-refractivity contribution in [2.45, 2.75) is 19.3 Å². The summed E-state index contributed by atoms with van der Waals surface area (Å²) >= 11 is 7.26. The minimum atomic E-state index is -0.180. The van der Waals surface area contributed by atoms with Crippen LogP contribution in [-0.4, -0.2) is 37.4 Å². The Labute approximate surface area is 116 Å². The van der Waals surface area contributed by atoms with Crippen LogP contribution in [0.15, 0.2) is 12.1 Å². The molecular formula is C12H18ClNO3S. The van der Waals surface area contributed by atoms with Gasteiger partial charge in [-0.05, 0) is 25.5 Å². The number of hydrogen-bond acceptors (Lipinski definition) is 4. The molecule has 0 saturated heterocycles. The summed E-state index contributed by atoms with van der Waals surface area (Å²) in [5.41, 5.74) is 0. The molecule has 1 rings (SSSR count). The van der Waals surface area contributed by atoms with Gasteiger partial charge in [-0.2, -0.15) is 0 Å². The molecular weight excluding hydrogens is 274 g/mol. The number of hydrogen-bond donors (Lipinski definition) is 2. The van der Waals surface area contributed by atoms with Gasteiger partial charge in [0.05, 0.1) is 23.5 Å². The van der Waals surface area contributed by atoms with Gasteiger partial charge >= 0.3 is 0 Å². The van der Waals surface area contributed by atoms with Gasteiger partial charge in [-0.3, -0.25) is 4.79 Å². The first-order chi connectivity index (χ1) is 8.65. The zero-order valence-corrected chi connectivity index (χ0v) is 11.9. The molecule has 4 nitrogen and oxygen atoms in total. The monoisotopic (exact) mass is 291 g/mol. The molecule has 1 amide bonds. The Kier molecular flexibility index (Phi) is 7.27. The zero-order chi connectivity index (χ0) is 13.4. The highest BCUT2D eigenvalue weighted by Crippen LogP contribution is 2.27. The van der Waals surface area contributed by atoms with Gasteiger partial charge in [0.1, 0.15) is 0 Å². The lowest BCUT2D eigenvalue weighted by molar-refractivity contribution is -0.122. The third-order valence-electron chi connectivity index (χ3n) is 2.41. The van der Waals surface area contributed by atoms with Gasteiger partial charge in [-0.25, -0.2) is 0 Å². The van der Waals surface area contributed by atoms with Crippen molar-refractivity contribution in [3.63, 3.8) is 0 Å². The molecule has 0 aliphatic rings. The number of rotatable bonds is 8. The third-order valence-corrected chi connectivity index (χ3v) is 3.83. The summed E-state index contributed by atoms with van der Waals surface area (Å²) in [6, 6.07) is 3.68. The van der Waals surface area contributed by atoms with Crippen molar-refractivity contribution < 1.29 is 14.6 Å². The number of aliphatic hydroxyl groups is 1. The van der Waals surface area contributed by atoms with Crippen LogP contribution in [0.25, 0.3) is 0 Å². The predicted octanol–water partition coefficient (Wildman–Crippen LogP) is 2.02. The summed E-state index contributed by atoms with van der Waals surface area (Å²) in [4.78, 5) is 12.8. The Hall–Kier alpha value is -0.620. The molecule has 0 radical (unpaired) electrons. The average Bonchev–Trinajstić information content (AvgIpc) is 2.79. The van der Waals surface area contributed by atoms with Gasteiger partial charge in [-0.1, -0.05) is 11.6 Å². The van der Waals surface area contributed by atoms with Gasteiger partial charge in [0.25, 0.3) is 0 Å². The van der Waals surface area contributed by atoms with E-state index in [1.807, 2.05) is 13.0 Å². The first-order valence-electron chi connectivity index (χ1n) is 5.86. The number of nitrogens with one attached hydrogen (secondary N) is 1. The first kappa shape index (κ1) is 15.4. The quantitative estimate of drug-likeness (QED) is 0.721. The number of ether oxygens (including phenoxy) is 1. The second kappa shape index (κ2) is 8.48. The van der Waals surface area contributed by atoms with Gasteiger partial charge < -0.3 is 15.2 Å². The molecule has 0 saturated carbocycles. The molecule has 1 atom stereocenters. The summed E-state index contributed by atoms with van der Waals surface area (Å²) in [5, 5.41) is 11.4. The summed E-state index contributed by atoms with van der Waals surface area (Å²) in [6.45, 7) is 3.36. The number of halogens is 1. The fraction of sp³-hybridized carbons (Fsp3) is 0.583. The maximum atomic E-state index is 11.8. The van der Waals surface area contributed by atoms with Crippen LogP contribution in [-0.2, 0) is 9.53 Å². The highest BCUT2D eigenvalue weighted by atomic mass is 35.5. The van der Waals surface area contributed by atoms with E-state index in [0.717, 1.165) is 11.3 Å². The van der Waals surface area contributed by atoms with E-state index in [1.54, 1.807) is 6.07 Å². The van der Waals surface area contributed by atoms with Gasteiger partial charge in [0, 0.05) is 18.0 Å². The van der Waals surface area contributed by atoms with Crippen molar-refractivity contribution in [1.82, 2.24) is 5.32 Å². The van der Waals surface area contributed by atoms with E-state index in [2.05, 4.69) is 5.32 Å². The fourth-order valence-corrected chi connectivity index (χ4v) is 2.51. The van der Waals surface area contributed by atoms with Crippen molar-refractivity contribution in [3.8, 4) is 0 Å². The van der Waals surface area contributed by atoms with Gasteiger partial charge in [0.15, 0.2) is 0 Å². The lowest BCUT2D eigenvalue weighted by Crippen LogP contribution is -2.29. The lowest BCUT2D eigenvalue weighted by atomic mass is 10.1. The van der Waals surface area contributed by atoms with E-state index in [-0.39, 0.29) is 18.4 Å². The van der Waals surface area contributed by atoms with Crippen LogP contribution >= 0.6 is 22.9 Å². The Bertz CT molecular complexity index is 370. The van der Waals surface area contributed by atoms with Crippen LogP contribution < -0.4 is 5.32 Å². The number of carbonyl (C=O) groups is 1. The van der Waals surface area contributed by atoms with Crippen LogP contribution in [0.1, 0.15) is 24.1 Å². The van der Waals surface area contributed by atoms with Crippen molar-refractivity contribution >= 4 is 28.8 Å². The molecule has 1 aromatic rings. The maximum absolute atomic E-state index is 11.8. The van der Waals surface area contributed by atoms with Crippen LogP contribution in [0.2, 0.25) is 4.34 Å². The Morgan fingerprint density at radius 1 is 1.56 bits per heavy atom. The minimum absolute atomic E-state index is 0.00400. The summed E-state index contributed by atoms with van der Waals surface area (Å²) in [6.07, 6.45) is 0.740. The van der Waals surface area contributed by atoms with Gasteiger partial charge in [0.2, 0.25) is 5.91 Å². The Balaban J connectivity index is 2.20. The van der Waals surface area contributed by atoms with Crippen LogP contribution in [0.3, 0.4) is 0 Å². The molecule has 6 heteroatoms. The van der Waals surface area contributed by atoms with Crippen molar-refractivity contribution in [3.05, 3.63) is 21.3 Å². The van der Waals surface area contributed by atoms with Crippen LogP contribution in [0.4, 0.5) is 0 Å². The summed E-state index contributed by atoms with van der Waals surface area (Å²) in [5.74, 6) is -0.184. The van der Waals surface area contributed by atoms with E-state index in [1.165, 1.54) is 11.3 Å². The first-order valence-corrected chi connectivity index (χ1v) is 7.06. The molecule has 2 N–H and O–H groups in total. The Morgan fingerprint density at radius 3 is 2.94 bits per heavy atom. The van der Waals surface area contributed by atoms with Crippen molar-refractivity contribution in [2.24, 2.45) is 0 Å². The molecule has 1 unspecified atom stereocenters. The maximum Gasteiger partial charge on any atom is 0.228 e. The van der Waals surface area contributed by atoms with Crippen molar-refractivity contribution in [1.29, 1.82) is 0 Å². The molecule has 0 aliphatic carbocycles. The molecule has 0 spiro atoms. The normalized spacial score (nSPS) is 12.4. The van der Waals surface area contributed by atoms with Crippen molar-refractivity contribution in [2.75, 3.05) is 26.4 Å². The number of carbonyl (C=O) groups excluding carboxylic acids is 1. The molecule has 18 heavy (non-hydrogen) atoms. The lowest BCUT2D eigenvalue weighted by Gasteiger charge is -2.10. The smallest absolute Gasteiger partial charge is 0.228 e. The molecule has 0 aromatic carbocycles. The number of thiophene rings is 1. The molecule has 102 valence electrons. The molecule has 0 bridgehead atoms. The van der Waals surface area contributed by atoms with E-state index in [9.17, 15) is 4.79 Å². The fourth-order valence-electron chi connectivity index (χ4n) is 1.40. The number of aliphatic hydroxyl groups excluding tert-OH is 1. The van der Waals surface area contributed by atoms with E-state index in [0.29, 0.717) is 24.1 Å².